The Balaban J connectivity index is 2.93. The molecule has 4 nitrogen and oxygen atoms in total. The maximum atomic E-state index is 11.1. The summed E-state index contributed by atoms with van der Waals surface area (Å²) in [6.45, 7) is 5.57. The van der Waals surface area contributed by atoms with E-state index in [1.807, 2.05) is 26.0 Å². The Morgan fingerprint density at radius 2 is 2.00 bits per heavy atom. The van der Waals surface area contributed by atoms with Crippen LogP contribution in [0.25, 0.3) is 5.65 Å². The summed E-state index contributed by atoms with van der Waals surface area (Å²) in [7, 11) is 0. The van der Waals surface area contributed by atoms with Gasteiger partial charge in [0.1, 0.15) is 5.65 Å². The summed E-state index contributed by atoms with van der Waals surface area (Å²) in [4.78, 5) is 15.3. The first-order chi connectivity index (χ1) is 7.00. The number of aromatic carboxylic acids is 1. The lowest BCUT2D eigenvalue weighted by Crippen LogP contribution is -2.05. The van der Waals surface area contributed by atoms with Crippen molar-refractivity contribution < 1.29 is 9.90 Å². The van der Waals surface area contributed by atoms with E-state index in [2.05, 4.69) is 4.98 Å². The maximum absolute atomic E-state index is 11.1. The van der Waals surface area contributed by atoms with E-state index < -0.39 is 5.97 Å². The van der Waals surface area contributed by atoms with Crippen molar-refractivity contribution in [2.24, 2.45) is 0 Å². The maximum Gasteiger partial charge on any atom is 0.354 e. The molecule has 0 unspecified atom stereocenters. The first kappa shape index (κ1) is 9.71. The van der Waals surface area contributed by atoms with Crippen LogP contribution in [0.4, 0.5) is 0 Å². The van der Waals surface area contributed by atoms with Crippen molar-refractivity contribution in [1.82, 2.24) is 9.38 Å². The van der Waals surface area contributed by atoms with E-state index in [4.69, 9.17) is 5.11 Å². The molecule has 0 saturated carbocycles. The second-order valence-electron chi connectivity index (χ2n) is 3.72. The fraction of sp³-hybridized carbons (Fsp3) is 0.273. The van der Waals surface area contributed by atoms with Gasteiger partial charge in [-0.2, -0.15) is 0 Å². The van der Waals surface area contributed by atoms with Gasteiger partial charge in [-0.25, -0.2) is 9.78 Å². The zero-order valence-corrected chi connectivity index (χ0v) is 8.90. The molecule has 0 amide bonds. The Hall–Kier alpha value is -1.84. The Kier molecular flexibility index (Phi) is 2.00. The molecular formula is C11H12N2O2. The zero-order chi connectivity index (χ0) is 11.2. The standard InChI is InChI=1S/C11H12N2O2/c1-6-4-7(2)13-9(5-6)12-8(3)10(13)11(14)15/h4-5H,1-3H3,(H,14,15). The molecular weight excluding hydrogens is 192 g/mol. The number of pyridine rings is 1. The van der Waals surface area contributed by atoms with E-state index >= 15 is 0 Å². The molecule has 78 valence electrons. The summed E-state index contributed by atoms with van der Waals surface area (Å²) in [5, 5.41) is 9.09. The number of carbonyl (C=O) groups is 1. The van der Waals surface area contributed by atoms with Crippen LogP contribution in [-0.2, 0) is 0 Å². The molecule has 0 aromatic carbocycles. The fourth-order valence-electron chi connectivity index (χ4n) is 1.89. The van der Waals surface area contributed by atoms with Crippen molar-refractivity contribution in [3.05, 3.63) is 34.8 Å². The van der Waals surface area contributed by atoms with Crippen LogP contribution in [0.3, 0.4) is 0 Å². The van der Waals surface area contributed by atoms with Crippen molar-refractivity contribution in [3.8, 4) is 0 Å². The van der Waals surface area contributed by atoms with E-state index in [1.165, 1.54) is 0 Å². The SMILES string of the molecule is Cc1cc(C)n2c(C(=O)O)c(C)nc2c1. The van der Waals surface area contributed by atoms with Gasteiger partial charge in [0, 0.05) is 5.69 Å². The number of aromatic nitrogens is 2. The Labute approximate surface area is 87.2 Å². The van der Waals surface area contributed by atoms with Gasteiger partial charge < -0.3 is 5.11 Å². The summed E-state index contributed by atoms with van der Waals surface area (Å²) >= 11 is 0. The average Bonchev–Trinajstić information content (AvgIpc) is 2.40. The lowest BCUT2D eigenvalue weighted by molar-refractivity contribution is 0.0688. The van der Waals surface area contributed by atoms with Crippen molar-refractivity contribution in [2.75, 3.05) is 0 Å². The van der Waals surface area contributed by atoms with Crippen LogP contribution in [0.15, 0.2) is 12.1 Å². The van der Waals surface area contributed by atoms with Crippen molar-refractivity contribution in [1.29, 1.82) is 0 Å². The molecule has 0 bridgehead atoms. The molecule has 4 heteroatoms. The third-order valence-corrected chi connectivity index (χ3v) is 2.43. The van der Waals surface area contributed by atoms with Crippen LogP contribution in [0.2, 0.25) is 0 Å². The third kappa shape index (κ3) is 1.38. The highest BCUT2D eigenvalue weighted by atomic mass is 16.4. The number of carboxylic acids is 1. The smallest absolute Gasteiger partial charge is 0.354 e. The second kappa shape index (κ2) is 3.08. The van der Waals surface area contributed by atoms with Crippen LogP contribution >= 0.6 is 0 Å². The van der Waals surface area contributed by atoms with Crippen LogP contribution in [0, 0.1) is 20.8 Å². The van der Waals surface area contributed by atoms with Crippen LogP contribution < -0.4 is 0 Å². The second-order valence-corrected chi connectivity index (χ2v) is 3.72. The Morgan fingerprint density at radius 1 is 1.33 bits per heavy atom. The molecule has 0 aliphatic heterocycles. The van der Waals surface area contributed by atoms with Gasteiger partial charge >= 0.3 is 5.97 Å². The number of rotatable bonds is 1. The summed E-state index contributed by atoms with van der Waals surface area (Å²) in [6.07, 6.45) is 0. The van der Waals surface area contributed by atoms with E-state index in [-0.39, 0.29) is 5.69 Å². The van der Waals surface area contributed by atoms with Gasteiger partial charge in [-0.1, -0.05) is 0 Å². The van der Waals surface area contributed by atoms with Gasteiger partial charge in [-0.15, -0.1) is 0 Å². The van der Waals surface area contributed by atoms with Gasteiger partial charge in [0.05, 0.1) is 5.69 Å². The lowest BCUT2D eigenvalue weighted by Gasteiger charge is -2.03. The van der Waals surface area contributed by atoms with Crippen molar-refractivity contribution in [2.45, 2.75) is 20.8 Å². The summed E-state index contributed by atoms with van der Waals surface area (Å²) in [5.74, 6) is -0.938. The predicted octanol–water partition coefficient (Wildman–Crippen LogP) is 1.96. The molecule has 0 atom stereocenters. The minimum absolute atomic E-state index is 0.252. The number of carboxylic acid groups (broad SMARTS) is 1. The Morgan fingerprint density at radius 3 is 2.60 bits per heavy atom. The Bertz CT molecular complexity index is 555. The number of aryl methyl sites for hydroxylation is 3. The van der Waals surface area contributed by atoms with Crippen LogP contribution in [0.5, 0.6) is 0 Å². The molecule has 0 radical (unpaired) electrons. The third-order valence-electron chi connectivity index (χ3n) is 2.43. The quantitative estimate of drug-likeness (QED) is 0.772. The van der Waals surface area contributed by atoms with E-state index in [9.17, 15) is 4.79 Å². The van der Waals surface area contributed by atoms with Gasteiger partial charge in [-0.05, 0) is 38.5 Å². The normalized spacial score (nSPS) is 10.9. The molecule has 0 aliphatic carbocycles. The largest absolute Gasteiger partial charge is 0.477 e. The molecule has 2 aromatic rings. The number of nitrogens with zero attached hydrogens (tertiary/aromatic N) is 2. The fourth-order valence-corrected chi connectivity index (χ4v) is 1.89. The number of fused-ring (bicyclic) bond motifs is 1. The molecule has 15 heavy (non-hydrogen) atoms. The van der Waals surface area contributed by atoms with E-state index in [0.29, 0.717) is 11.3 Å². The molecule has 0 saturated heterocycles. The van der Waals surface area contributed by atoms with Gasteiger partial charge in [0.15, 0.2) is 5.69 Å². The van der Waals surface area contributed by atoms with Gasteiger partial charge in [0.2, 0.25) is 0 Å². The van der Waals surface area contributed by atoms with Crippen molar-refractivity contribution in [3.63, 3.8) is 0 Å². The zero-order valence-electron chi connectivity index (χ0n) is 8.90. The molecule has 0 fully saturated rings. The topological polar surface area (TPSA) is 54.6 Å². The molecule has 2 aromatic heterocycles. The molecule has 0 spiro atoms. The molecule has 2 rings (SSSR count). The summed E-state index contributed by atoms with van der Waals surface area (Å²) in [6, 6.07) is 3.83. The average molecular weight is 204 g/mol. The minimum atomic E-state index is -0.938. The van der Waals surface area contributed by atoms with Crippen LogP contribution in [-0.4, -0.2) is 20.5 Å². The highest BCUT2D eigenvalue weighted by molar-refractivity contribution is 5.88. The monoisotopic (exact) mass is 204 g/mol. The minimum Gasteiger partial charge on any atom is -0.477 e. The van der Waals surface area contributed by atoms with E-state index in [0.717, 1.165) is 11.3 Å². The number of imidazole rings is 1. The number of hydrogen-bond acceptors (Lipinski definition) is 2. The van der Waals surface area contributed by atoms with Crippen molar-refractivity contribution >= 4 is 11.6 Å². The lowest BCUT2D eigenvalue weighted by atomic mass is 10.2. The highest BCUT2D eigenvalue weighted by Crippen LogP contribution is 2.16. The van der Waals surface area contributed by atoms with Gasteiger partial charge in [-0.3, -0.25) is 4.40 Å². The first-order valence-corrected chi connectivity index (χ1v) is 4.70. The van der Waals surface area contributed by atoms with Gasteiger partial charge in [0.25, 0.3) is 0 Å². The first-order valence-electron chi connectivity index (χ1n) is 4.70. The van der Waals surface area contributed by atoms with Crippen LogP contribution in [0.1, 0.15) is 27.4 Å². The molecule has 0 aliphatic rings. The molecule has 2 heterocycles. The summed E-state index contributed by atoms with van der Waals surface area (Å²) in [5.41, 5.74) is 3.48. The molecule has 1 N–H and O–H groups in total. The summed E-state index contributed by atoms with van der Waals surface area (Å²) < 4.78 is 1.67. The number of hydrogen-bond donors (Lipinski definition) is 1. The van der Waals surface area contributed by atoms with E-state index in [1.54, 1.807) is 11.3 Å². The highest BCUT2D eigenvalue weighted by Gasteiger charge is 2.16. The predicted molar refractivity (Wildman–Crippen MR) is 56.4 cm³/mol.